The van der Waals surface area contributed by atoms with E-state index in [1.54, 1.807) is 60.2 Å². The predicted molar refractivity (Wildman–Crippen MR) is 114 cm³/mol. The number of benzene rings is 2. The van der Waals surface area contributed by atoms with Crippen molar-refractivity contribution in [1.82, 2.24) is 10.4 Å². The second-order valence-corrected chi connectivity index (χ2v) is 9.24. The van der Waals surface area contributed by atoms with Gasteiger partial charge in [-0.05, 0) is 55.5 Å². The summed E-state index contributed by atoms with van der Waals surface area (Å²) < 4.78 is 30.7. The van der Waals surface area contributed by atoms with Gasteiger partial charge in [0.1, 0.15) is 5.69 Å². The van der Waals surface area contributed by atoms with E-state index in [1.807, 2.05) is 6.92 Å². The van der Waals surface area contributed by atoms with Gasteiger partial charge in [-0.3, -0.25) is 15.6 Å². The number of hydrazine groups is 1. The normalized spacial score (nSPS) is 11.2. The van der Waals surface area contributed by atoms with Crippen LogP contribution in [0.4, 0.5) is 5.69 Å². The third-order valence-corrected chi connectivity index (χ3v) is 6.93. The minimum absolute atomic E-state index is 0.172. The summed E-state index contributed by atoms with van der Waals surface area (Å²) in [5.41, 5.74) is 7.07. The molecule has 0 saturated carbocycles. The van der Waals surface area contributed by atoms with Crippen LogP contribution in [0.3, 0.4) is 0 Å². The van der Waals surface area contributed by atoms with Crippen molar-refractivity contribution in [2.24, 2.45) is 0 Å². The van der Waals surface area contributed by atoms with Crippen molar-refractivity contribution in [1.29, 1.82) is 0 Å². The van der Waals surface area contributed by atoms with Crippen LogP contribution >= 0.6 is 11.3 Å². The summed E-state index contributed by atoms with van der Waals surface area (Å²) in [4.78, 5) is 16.9. The number of anilines is 1. The number of nitrogens with zero attached hydrogens (tertiary/aromatic N) is 1. The molecule has 0 saturated heterocycles. The van der Waals surface area contributed by atoms with Crippen molar-refractivity contribution in [2.45, 2.75) is 16.7 Å². The fourth-order valence-electron chi connectivity index (χ4n) is 2.66. The molecule has 4 rings (SSSR count). The van der Waals surface area contributed by atoms with Crippen LogP contribution in [0.25, 0.3) is 10.8 Å². The van der Waals surface area contributed by atoms with Gasteiger partial charge in [0.15, 0.2) is 10.8 Å². The Bertz CT molecular complexity index is 1260. The maximum atomic E-state index is 12.7. The Morgan fingerprint density at radius 3 is 2.30 bits per heavy atom. The molecular formula is C21H17N3O4S2. The van der Waals surface area contributed by atoms with E-state index in [4.69, 9.17) is 4.42 Å². The van der Waals surface area contributed by atoms with Crippen LogP contribution < -0.4 is 10.9 Å². The fourth-order valence-corrected chi connectivity index (χ4v) is 4.68. The highest BCUT2D eigenvalue weighted by molar-refractivity contribution is 7.91. The van der Waals surface area contributed by atoms with E-state index < -0.39 is 15.7 Å². The third kappa shape index (κ3) is 4.12. The van der Waals surface area contributed by atoms with Crippen molar-refractivity contribution >= 4 is 32.8 Å². The lowest BCUT2D eigenvalue weighted by molar-refractivity contribution is 0.0958. The number of nitrogens with one attached hydrogen (secondary N) is 2. The monoisotopic (exact) mass is 439 g/mol. The first kappa shape index (κ1) is 19.9. The summed E-state index contributed by atoms with van der Waals surface area (Å²) in [6, 6.07) is 16.3. The molecule has 2 aromatic carbocycles. The maximum absolute atomic E-state index is 12.7. The summed E-state index contributed by atoms with van der Waals surface area (Å²) in [5.74, 6) is 0.179. The van der Waals surface area contributed by atoms with Crippen molar-refractivity contribution in [3.05, 3.63) is 83.6 Å². The van der Waals surface area contributed by atoms with Gasteiger partial charge in [-0.1, -0.05) is 17.7 Å². The zero-order chi connectivity index (χ0) is 21.1. The first-order valence-electron chi connectivity index (χ1n) is 8.91. The molecule has 0 spiro atoms. The lowest BCUT2D eigenvalue weighted by Crippen LogP contribution is -2.29. The van der Waals surface area contributed by atoms with Gasteiger partial charge >= 0.3 is 0 Å². The largest absolute Gasteiger partial charge is 0.462 e. The number of hydrogen-bond acceptors (Lipinski definition) is 7. The topological polar surface area (TPSA) is 101 Å². The molecule has 152 valence electrons. The van der Waals surface area contributed by atoms with Crippen LogP contribution in [0.1, 0.15) is 16.1 Å². The van der Waals surface area contributed by atoms with Crippen molar-refractivity contribution < 1.29 is 17.6 Å². The second kappa shape index (κ2) is 8.13. The van der Waals surface area contributed by atoms with Crippen molar-refractivity contribution in [3.8, 4) is 10.8 Å². The SMILES string of the molecule is Cc1ccc(S(=O)(=O)c2ccc(NNC(=O)c3csc(-c4ccco4)n3)cc2)cc1. The molecule has 0 atom stereocenters. The van der Waals surface area contributed by atoms with Crippen LogP contribution in [0.2, 0.25) is 0 Å². The average Bonchev–Trinajstić information content (AvgIpc) is 3.44. The number of carbonyl (C=O) groups excluding carboxylic acids is 1. The Labute approximate surface area is 177 Å². The van der Waals surface area contributed by atoms with Crippen molar-refractivity contribution in [2.75, 3.05) is 5.43 Å². The predicted octanol–water partition coefficient (Wildman–Crippen LogP) is 4.30. The molecular weight excluding hydrogens is 422 g/mol. The number of furan rings is 1. The highest BCUT2D eigenvalue weighted by Gasteiger charge is 2.17. The van der Waals surface area contributed by atoms with Gasteiger partial charge < -0.3 is 4.42 Å². The van der Waals surface area contributed by atoms with E-state index >= 15 is 0 Å². The van der Waals surface area contributed by atoms with E-state index in [-0.39, 0.29) is 15.5 Å². The standard InChI is InChI=1S/C21H17N3O4S2/c1-14-4-8-16(9-5-14)30(26,27)17-10-6-15(7-11-17)23-24-20(25)18-13-29-21(22-18)19-3-2-12-28-19/h2-13,23H,1H3,(H,24,25). The molecule has 0 fully saturated rings. The number of hydrogen-bond donors (Lipinski definition) is 2. The Morgan fingerprint density at radius 1 is 1.00 bits per heavy atom. The Hall–Kier alpha value is -3.43. The van der Waals surface area contributed by atoms with Gasteiger partial charge in [0.05, 0.1) is 21.7 Å². The lowest BCUT2D eigenvalue weighted by atomic mass is 10.2. The van der Waals surface area contributed by atoms with Gasteiger partial charge in [0.25, 0.3) is 5.91 Å². The molecule has 2 heterocycles. The van der Waals surface area contributed by atoms with Gasteiger partial charge in [-0.25, -0.2) is 13.4 Å². The summed E-state index contributed by atoms with van der Waals surface area (Å²) in [5, 5.41) is 2.24. The molecule has 1 amide bonds. The Kier molecular flexibility index (Phi) is 5.39. The maximum Gasteiger partial charge on any atom is 0.289 e. The Balaban J connectivity index is 1.41. The zero-order valence-corrected chi connectivity index (χ0v) is 17.5. The number of carbonyl (C=O) groups is 1. The summed E-state index contributed by atoms with van der Waals surface area (Å²) >= 11 is 1.30. The molecule has 2 N–H and O–H groups in total. The van der Waals surface area contributed by atoms with Crippen LogP contribution in [0.5, 0.6) is 0 Å². The van der Waals surface area contributed by atoms with Crippen molar-refractivity contribution in [3.63, 3.8) is 0 Å². The molecule has 2 aromatic heterocycles. The van der Waals surface area contributed by atoms with Gasteiger partial charge in [0, 0.05) is 5.38 Å². The number of thiazole rings is 1. The number of rotatable bonds is 6. The number of amides is 1. The van der Waals surface area contributed by atoms with E-state index in [0.717, 1.165) is 5.56 Å². The van der Waals surface area contributed by atoms with Crippen LogP contribution in [0.15, 0.2) is 86.5 Å². The third-order valence-electron chi connectivity index (χ3n) is 4.29. The molecule has 0 unspecified atom stereocenters. The zero-order valence-electron chi connectivity index (χ0n) is 15.8. The van der Waals surface area contributed by atoms with Gasteiger partial charge in [-0.2, -0.15) is 0 Å². The highest BCUT2D eigenvalue weighted by Crippen LogP contribution is 2.24. The van der Waals surface area contributed by atoms with Crippen LogP contribution in [-0.4, -0.2) is 19.3 Å². The number of aryl methyl sites for hydroxylation is 1. The van der Waals surface area contributed by atoms with Crippen LogP contribution in [0, 0.1) is 6.92 Å². The molecule has 0 aliphatic heterocycles. The van der Waals surface area contributed by atoms with E-state index in [1.165, 1.54) is 23.5 Å². The molecule has 4 aromatic rings. The fraction of sp³-hybridized carbons (Fsp3) is 0.0476. The smallest absolute Gasteiger partial charge is 0.289 e. The number of sulfone groups is 1. The average molecular weight is 440 g/mol. The molecule has 0 aliphatic carbocycles. The molecule has 0 bridgehead atoms. The molecule has 0 radical (unpaired) electrons. The first-order valence-corrected chi connectivity index (χ1v) is 11.3. The second-order valence-electron chi connectivity index (χ2n) is 6.44. The Morgan fingerprint density at radius 2 is 1.67 bits per heavy atom. The molecule has 0 aliphatic rings. The minimum Gasteiger partial charge on any atom is -0.462 e. The van der Waals surface area contributed by atoms with Gasteiger partial charge in [-0.15, -0.1) is 11.3 Å². The van der Waals surface area contributed by atoms with Gasteiger partial charge in [0.2, 0.25) is 9.84 Å². The lowest BCUT2D eigenvalue weighted by Gasteiger charge is -2.09. The summed E-state index contributed by atoms with van der Waals surface area (Å²) in [7, 11) is -3.60. The van der Waals surface area contributed by atoms with Crippen LogP contribution in [-0.2, 0) is 9.84 Å². The first-order chi connectivity index (χ1) is 14.4. The number of aromatic nitrogens is 1. The molecule has 7 nitrogen and oxygen atoms in total. The molecule has 9 heteroatoms. The minimum atomic E-state index is -3.60. The van der Waals surface area contributed by atoms with E-state index in [2.05, 4.69) is 15.8 Å². The van der Waals surface area contributed by atoms with E-state index in [9.17, 15) is 13.2 Å². The molecule has 30 heavy (non-hydrogen) atoms. The summed E-state index contributed by atoms with van der Waals surface area (Å²) in [6.07, 6.45) is 1.54. The summed E-state index contributed by atoms with van der Waals surface area (Å²) in [6.45, 7) is 1.90. The quantitative estimate of drug-likeness (QED) is 0.434. The van der Waals surface area contributed by atoms with E-state index in [0.29, 0.717) is 16.5 Å². The highest BCUT2D eigenvalue weighted by atomic mass is 32.2.